The number of likely N-dealkylation sites (tertiary alicyclic amines) is 1. The third kappa shape index (κ3) is 3.76. The molecule has 0 bridgehead atoms. The zero-order valence-electron chi connectivity index (χ0n) is 12.6. The van der Waals surface area contributed by atoms with Crippen LogP contribution in [-0.2, 0) is 0 Å². The van der Waals surface area contributed by atoms with Gasteiger partial charge in [-0.3, -0.25) is 9.69 Å². The minimum atomic E-state index is -0.0767. The normalized spacial score (nSPS) is 19.9. The van der Waals surface area contributed by atoms with Gasteiger partial charge in [0.15, 0.2) is 0 Å². The van der Waals surface area contributed by atoms with Crippen LogP contribution in [0.1, 0.15) is 48.1 Å². The van der Waals surface area contributed by atoms with Gasteiger partial charge in [-0.15, -0.1) is 0 Å². The van der Waals surface area contributed by atoms with Crippen LogP contribution in [0.3, 0.4) is 0 Å². The van der Waals surface area contributed by atoms with Crippen molar-refractivity contribution in [3.8, 4) is 0 Å². The number of hydrogen-bond acceptors (Lipinski definition) is 4. The summed E-state index contributed by atoms with van der Waals surface area (Å²) in [6, 6.07) is 0.630. The van der Waals surface area contributed by atoms with Crippen LogP contribution < -0.4 is 5.32 Å². The van der Waals surface area contributed by atoms with Crippen molar-refractivity contribution in [2.45, 2.75) is 46.1 Å². The van der Waals surface area contributed by atoms with E-state index in [9.17, 15) is 4.79 Å². The van der Waals surface area contributed by atoms with Gasteiger partial charge < -0.3 is 5.32 Å². The van der Waals surface area contributed by atoms with Gasteiger partial charge >= 0.3 is 0 Å². The second kappa shape index (κ2) is 6.79. The van der Waals surface area contributed by atoms with Gasteiger partial charge in [0, 0.05) is 25.3 Å². The van der Waals surface area contributed by atoms with Crippen molar-refractivity contribution < 1.29 is 4.79 Å². The van der Waals surface area contributed by atoms with Crippen molar-refractivity contribution in [2.24, 2.45) is 0 Å². The molecule has 2 rings (SSSR count). The number of carbonyl (C=O) groups excluding carboxylic acids is 1. The summed E-state index contributed by atoms with van der Waals surface area (Å²) in [5.74, 6) is 0.619. The molecule has 1 amide bonds. The standard InChI is InChI=1S/C15H24N4O/c1-11-6-4-5-8-19(11)9-7-16-15(20)14-10-17-13(3)18-12(14)2/h10-11H,4-9H2,1-3H3,(H,16,20). The van der Waals surface area contributed by atoms with E-state index in [2.05, 4.69) is 27.1 Å². The molecule has 0 saturated carbocycles. The number of amides is 1. The third-order valence-electron chi connectivity index (χ3n) is 3.97. The number of aryl methyl sites for hydroxylation is 2. The van der Waals surface area contributed by atoms with Crippen LogP contribution in [0.25, 0.3) is 0 Å². The number of nitrogens with zero attached hydrogens (tertiary/aromatic N) is 3. The summed E-state index contributed by atoms with van der Waals surface area (Å²) in [5.41, 5.74) is 1.31. The monoisotopic (exact) mass is 276 g/mol. The lowest BCUT2D eigenvalue weighted by molar-refractivity contribution is 0.0937. The number of piperidine rings is 1. The largest absolute Gasteiger partial charge is 0.351 e. The van der Waals surface area contributed by atoms with Gasteiger partial charge in [0.05, 0.1) is 11.3 Å². The molecule has 0 aromatic carbocycles. The molecule has 1 aliphatic heterocycles. The Morgan fingerprint density at radius 2 is 2.25 bits per heavy atom. The Kier molecular flexibility index (Phi) is 5.06. The first kappa shape index (κ1) is 14.9. The van der Waals surface area contributed by atoms with Crippen molar-refractivity contribution >= 4 is 5.91 Å². The van der Waals surface area contributed by atoms with Crippen LogP contribution >= 0.6 is 0 Å². The molecule has 1 atom stereocenters. The molecule has 110 valence electrons. The second-order valence-corrected chi connectivity index (χ2v) is 5.55. The van der Waals surface area contributed by atoms with E-state index in [0.717, 1.165) is 18.8 Å². The van der Waals surface area contributed by atoms with Gasteiger partial charge in [0.2, 0.25) is 0 Å². The number of hydrogen-bond donors (Lipinski definition) is 1. The highest BCUT2D eigenvalue weighted by atomic mass is 16.1. The van der Waals surface area contributed by atoms with Crippen molar-refractivity contribution in [1.82, 2.24) is 20.2 Å². The molecule has 0 radical (unpaired) electrons. The molecule has 1 saturated heterocycles. The van der Waals surface area contributed by atoms with Gasteiger partial charge in [-0.2, -0.15) is 0 Å². The van der Waals surface area contributed by atoms with Gasteiger partial charge in [0.25, 0.3) is 5.91 Å². The van der Waals surface area contributed by atoms with E-state index in [1.807, 2.05) is 13.8 Å². The smallest absolute Gasteiger partial charge is 0.254 e. The van der Waals surface area contributed by atoms with Gasteiger partial charge in [-0.05, 0) is 40.2 Å². The zero-order valence-corrected chi connectivity index (χ0v) is 12.6. The molecule has 2 heterocycles. The maximum absolute atomic E-state index is 12.1. The maximum atomic E-state index is 12.1. The molecule has 0 aliphatic carbocycles. The Bertz CT molecular complexity index is 475. The summed E-state index contributed by atoms with van der Waals surface area (Å²) in [7, 11) is 0. The van der Waals surface area contributed by atoms with Gasteiger partial charge in [-0.25, -0.2) is 9.97 Å². The van der Waals surface area contributed by atoms with Crippen molar-refractivity contribution in [2.75, 3.05) is 19.6 Å². The van der Waals surface area contributed by atoms with E-state index in [1.165, 1.54) is 19.3 Å². The second-order valence-electron chi connectivity index (χ2n) is 5.55. The first-order chi connectivity index (χ1) is 9.58. The Hall–Kier alpha value is -1.49. The van der Waals surface area contributed by atoms with E-state index < -0.39 is 0 Å². The number of nitrogens with one attached hydrogen (secondary N) is 1. The van der Waals surface area contributed by atoms with Crippen LogP contribution in [0.5, 0.6) is 0 Å². The van der Waals surface area contributed by atoms with E-state index >= 15 is 0 Å². The quantitative estimate of drug-likeness (QED) is 0.909. The number of carbonyl (C=O) groups is 1. The van der Waals surface area contributed by atoms with Gasteiger partial charge in [0.1, 0.15) is 5.82 Å². The molecule has 1 aliphatic rings. The van der Waals surface area contributed by atoms with Crippen molar-refractivity contribution in [3.05, 3.63) is 23.3 Å². The summed E-state index contributed by atoms with van der Waals surface area (Å²) in [6.45, 7) is 8.67. The molecule has 1 aromatic rings. The predicted octanol–water partition coefficient (Wildman–Crippen LogP) is 1.70. The molecular weight excluding hydrogens is 252 g/mol. The van der Waals surface area contributed by atoms with Crippen LogP contribution in [0, 0.1) is 13.8 Å². The van der Waals surface area contributed by atoms with Crippen LogP contribution in [0.4, 0.5) is 0 Å². The van der Waals surface area contributed by atoms with Crippen LogP contribution in [-0.4, -0.2) is 46.5 Å². The Balaban J connectivity index is 1.83. The topological polar surface area (TPSA) is 58.1 Å². The first-order valence-corrected chi connectivity index (χ1v) is 7.40. The molecule has 5 heteroatoms. The lowest BCUT2D eigenvalue weighted by atomic mass is 10.0. The highest BCUT2D eigenvalue weighted by Gasteiger charge is 2.18. The average Bonchev–Trinajstić information content (AvgIpc) is 2.40. The summed E-state index contributed by atoms with van der Waals surface area (Å²) in [5, 5.41) is 2.97. The lowest BCUT2D eigenvalue weighted by Gasteiger charge is -2.33. The number of aromatic nitrogens is 2. The Morgan fingerprint density at radius 3 is 2.95 bits per heavy atom. The van der Waals surface area contributed by atoms with E-state index in [4.69, 9.17) is 0 Å². The minimum Gasteiger partial charge on any atom is -0.351 e. The predicted molar refractivity (Wildman–Crippen MR) is 78.7 cm³/mol. The first-order valence-electron chi connectivity index (χ1n) is 7.40. The van der Waals surface area contributed by atoms with Crippen LogP contribution in [0.2, 0.25) is 0 Å². The lowest BCUT2D eigenvalue weighted by Crippen LogP contribution is -2.42. The molecule has 0 spiro atoms. The molecule has 1 N–H and O–H groups in total. The fourth-order valence-corrected chi connectivity index (χ4v) is 2.70. The number of rotatable bonds is 4. The average molecular weight is 276 g/mol. The molecule has 5 nitrogen and oxygen atoms in total. The highest BCUT2D eigenvalue weighted by molar-refractivity contribution is 5.94. The Labute approximate surface area is 120 Å². The molecule has 1 fully saturated rings. The summed E-state index contributed by atoms with van der Waals surface area (Å²) < 4.78 is 0. The summed E-state index contributed by atoms with van der Waals surface area (Å²) in [4.78, 5) is 22.8. The van der Waals surface area contributed by atoms with Crippen molar-refractivity contribution in [3.63, 3.8) is 0 Å². The molecule has 20 heavy (non-hydrogen) atoms. The fraction of sp³-hybridized carbons (Fsp3) is 0.667. The third-order valence-corrected chi connectivity index (χ3v) is 3.97. The Morgan fingerprint density at radius 1 is 1.45 bits per heavy atom. The van der Waals surface area contributed by atoms with E-state index in [1.54, 1.807) is 6.20 Å². The minimum absolute atomic E-state index is 0.0767. The fourth-order valence-electron chi connectivity index (χ4n) is 2.70. The highest BCUT2D eigenvalue weighted by Crippen LogP contribution is 2.15. The van der Waals surface area contributed by atoms with E-state index in [-0.39, 0.29) is 5.91 Å². The van der Waals surface area contributed by atoms with E-state index in [0.29, 0.717) is 24.0 Å². The van der Waals surface area contributed by atoms with Crippen molar-refractivity contribution in [1.29, 1.82) is 0 Å². The summed E-state index contributed by atoms with van der Waals surface area (Å²) >= 11 is 0. The van der Waals surface area contributed by atoms with Gasteiger partial charge in [-0.1, -0.05) is 6.42 Å². The molecular formula is C15H24N4O. The molecule has 1 aromatic heterocycles. The maximum Gasteiger partial charge on any atom is 0.254 e. The summed E-state index contributed by atoms with van der Waals surface area (Å²) in [6.07, 6.45) is 5.46. The van der Waals surface area contributed by atoms with Crippen LogP contribution in [0.15, 0.2) is 6.20 Å². The molecule has 1 unspecified atom stereocenters. The zero-order chi connectivity index (χ0) is 14.5. The SMILES string of the molecule is Cc1ncc(C(=O)NCCN2CCCCC2C)c(C)n1.